The molecule has 0 N–H and O–H groups in total. The standard InChI is InChI=1S/C32H40ClN3O3/c1-32(2,3)39-31(38)22-11-13-26-27(18-22)36-20-28(37)35(16-15-34(4)5)19-23-17-24(33)12-14-25(23)30(36)29(26)21-9-7-6-8-10-21/h11-14,17-18,21H,6-10,15-16,19-20H2,1-5H3. The number of rotatable bonds is 5. The van der Waals surface area contributed by atoms with Gasteiger partial charge in [0.05, 0.1) is 16.8 Å². The molecule has 3 aromatic rings. The fourth-order valence-corrected chi connectivity index (χ4v) is 6.27. The zero-order valence-corrected chi connectivity index (χ0v) is 24.6. The molecule has 2 aromatic carbocycles. The number of halogens is 1. The van der Waals surface area contributed by atoms with E-state index in [1.807, 2.05) is 64.0 Å². The van der Waals surface area contributed by atoms with Gasteiger partial charge in [0.25, 0.3) is 0 Å². The molecule has 0 spiro atoms. The van der Waals surface area contributed by atoms with Gasteiger partial charge in [-0.05, 0) is 89.0 Å². The minimum absolute atomic E-state index is 0.0680. The normalized spacial score (nSPS) is 16.7. The molecule has 0 saturated heterocycles. The summed E-state index contributed by atoms with van der Waals surface area (Å²) in [5.74, 6) is 0.127. The fourth-order valence-electron chi connectivity index (χ4n) is 6.08. The highest BCUT2D eigenvalue weighted by molar-refractivity contribution is 6.30. The van der Waals surface area contributed by atoms with Gasteiger partial charge < -0.3 is 19.1 Å². The third-order valence-electron chi connectivity index (χ3n) is 7.90. The highest BCUT2D eigenvalue weighted by atomic mass is 35.5. The molecule has 5 rings (SSSR count). The number of ether oxygens (including phenoxy) is 1. The lowest BCUT2D eigenvalue weighted by Crippen LogP contribution is -2.39. The van der Waals surface area contributed by atoms with Crippen LogP contribution in [0.25, 0.3) is 22.2 Å². The first kappa shape index (κ1) is 27.7. The minimum atomic E-state index is -0.589. The van der Waals surface area contributed by atoms with Gasteiger partial charge in [-0.3, -0.25) is 4.79 Å². The molecule has 1 saturated carbocycles. The van der Waals surface area contributed by atoms with Crippen molar-refractivity contribution in [3.63, 3.8) is 0 Å². The Hall–Kier alpha value is -2.83. The van der Waals surface area contributed by atoms with Crippen LogP contribution >= 0.6 is 11.6 Å². The summed E-state index contributed by atoms with van der Waals surface area (Å²) in [4.78, 5) is 30.9. The van der Waals surface area contributed by atoms with Gasteiger partial charge in [0, 0.05) is 35.6 Å². The summed E-state index contributed by atoms with van der Waals surface area (Å²) >= 11 is 6.52. The van der Waals surface area contributed by atoms with Gasteiger partial charge in [-0.15, -0.1) is 0 Å². The van der Waals surface area contributed by atoms with Crippen LogP contribution in [0, 0.1) is 0 Å². The molecule has 0 radical (unpaired) electrons. The lowest BCUT2D eigenvalue weighted by atomic mass is 9.81. The maximum absolute atomic E-state index is 13.8. The lowest BCUT2D eigenvalue weighted by Gasteiger charge is -2.30. The Bertz CT molecular complexity index is 1400. The molecule has 0 unspecified atom stereocenters. The first-order valence-electron chi connectivity index (χ1n) is 14.1. The van der Waals surface area contributed by atoms with Gasteiger partial charge in [-0.1, -0.05) is 43.0 Å². The molecular formula is C32H40ClN3O3. The molecule has 6 nitrogen and oxygen atoms in total. The number of hydrogen-bond donors (Lipinski definition) is 0. The summed E-state index contributed by atoms with van der Waals surface area (Å²) in [5.41, 5.74) is 5.42. The number of hydrogen-bond acceptors (Lipinski definition) is 4. The van der Waals surface area contributed by atoms with Gasteiger partial charge in [-0.25, -0.2) is 4.79 Å². The molecule has 1 aliphatic carbocycles. The number of esters is 1. The second-order valence-corrected chi connectivity index (χ2v) is 12.8. The number of carbonyl (C=O) groups excluding carboxylic acids is 2. The van der Waals surface area contributed by atoms with Gasteiger partial charge >= 0.3 is 5.97 Å². The van der Waals surface area contributed by atoms with Crippen LogP contribution < -0.4 is 0 Å². The summed E-state index contributed by atoms with van der Waals surface area (Å²) in [7, 11) is 4.04. The molecule has 1 aliphatic heterocycles. The number of carbonyl (C=O) groups is 2. The number of likely N-dealkylation sites (N-methyl/N-ethyl adjacent to an activating group) is 1. The van der Waals surface area contributed by atoms with Crippen molar-refractivity contribution in [1.82, 2.24) is 14.4 Å². The monoisotopic (exact) mass is 549 g/mol. The van der Waals surface area contributed by atoms with E-state index in [0.29, 0.717) is 29.6 Å². The Morgan fingerprint density at radius 1 is 1.05 bits per heavy atom. The molecular weight excluding hydrogens is 510 g/mol. The Labute approximate surface area is 236 Å². The van der Waals surface area contributed by atoms with Crippen molar-refractivity contribution in [3.8, 4) is 11.3 Å². The van der Waals surface area contributed by atoms with E-state index in [0.717, 1.165) is 47.1 Å². The van der Waals surface area contributed by atoms with E-state index in [1.54, 1.807) is 0 Å². The second-order valence-electron chi connectivity index (χ2n) is 12.3. The van der Waals surface area contributed by atoms with Crippen LogP contribution in [0.3, 0.4) is 0 Å². The van der Waals surface area contributed by atoms with Crippen molar-refractivity contribution >= 4 is 34.4 Å². The Kier molecular flexibility index (Phi) is 7.80. The summed E-state index contributed by atoms with van der Waals surface area (Å²) in [6.07, 6.45) is 5.94. The van der Waals surface area contributed by atoms with E-state index in [9.17, 15) is 9.59 Å². The Morgan fingerprint density at radius 2 is 1.79 bits per heavy atom. The molecule has 1 amide bonds. The number of amides is 1. The van der Waals surface area contributed by atoms with E-state index in [1.165, 1.54) is 24.8 Å². The maximum atomic E-state index is 13.8. The highest BCUT2D eigenvalue weighted by Crippen LogP contribution is 2.46. The SMILES string of the molecule is CN(C)CCN1Cc2cc(Cl)ccc2-c2c(C3CCCCC3)c3ccc(C(=O)OC(C)(C)C)cc3n2CC1=O. The predicted octanol–water partition coefficient (Wildman–Crippen LogP) is 6.87. The topological polar surface area (TPSA) is 54.8 Å². The molecule has 7 heteroatoms. The van der Waals surface area contributed by atoms with Gasteiger partial charge in [0.15, 0.2) is 0 Å². The molecule has 208 valence electrons. The number of fused-ring (bicyclic) bond motifs is 5. The minimum Gasteiger partial charge on any atom is -0.456 e. The van der Waals surface area contributed by atoms with Crippen LogP contribution in [0.15, 0.2) is 36.4 Å². The number of benzene rings is 2. The molecule has 0 atom stereocenters. The molecule has 39 heavy (non-hydrogen) atoms. The third kappa shape index (κ3) is 5.87. The van der Waals surface area contributed by atoms with Crippen LogP contribution in [0.5, 0.6) is 0 Å². The van der Waals surface area contributed by atoms with Crippen molar-refractivity contribution in [2.45, 2.75) is 77.5 Å². The first-order valence-corrected chi connectivity index (χ1v) is 14.5. The Morgan fingerprint density at radius 3 is 2.49 bits per heavy atom. The summed E-state index contributed by atoms with van der Waals surface area (Å²) in [5, 5.41) is 1.79. The van der Waals surface area contributed by atoms with Crippen molar-refractivity contribution in [1.29, 1.82) is 0 Å². The summed E-state index contributed by atoms with van der Waals surface area (Å²) in [6, 6.07) is 12.0. The highest BCUT2D eigenvalue weighted by Gasteiger charge is 2.32. The van der Waals surface area contributed by atoms with Crippen LogP contribution in [0.2, 0.25) is 5.02 Å². The van der Waals surface area contributed by atoms with E-state index in [2.05, 4.69) is 21.6 Å². The average molecular weight is 550 g/mol. The van der Waals surface area contributed by atoms with Crippen molar-refractivity contribution in [3.05, 3.63) is 58.1 Å². The molecule has 2 heterocycles. The van der Waals surface area contributed by atoms with E-state index >= 15 is 0 Å². The van der Waals surface area contributed by atoms with E-state index in [4.69, 9.17) is 16.3 Å². The second kappa shape index (κ2) is 11.0. The largest absolute Gasteiger partial charge is 0.456 e. The third-order valence-corrected chi connectivity index (χ3v) is 8.13. The van der Waals surface area contributed by atoms with E-state index in [-0.39, 0.29) is 18.4 Å². The van der Waals surface area contributed by atoms with Crippen LogP contribution in [-0.2, 0) is 22.6 Å². The summed E-state index contributed by atoms with van der Waals surface area (Å²) < 4.78 is 7.86. The van der Waals surface area contributed by atoms with Crippen molar-refractivity contribution in [2.24, 2.45) is 0 Å². The molecule has 0 bridgehead atoms. The molecule has 1 fully saturated rings. The van der Waals surface area contributed by atoms with Crippen LogP contribution in [0.1, 0.15) is 80.3 Å². The zero-order valence-electron chi connectivity index (χ0n) is 23.8. The first-order chi connectivity index (χ1) is 18.5. The lowest BCUT2D eigenvalue weighted by molar-refractivity contribution is -0.132. The maximum Gasteiger partial charge on any atom is 0.338 e. The average Bonchev–Trinajstić information content (AvgIpc) is 3.17. The Balaban J connectivity index is 1.74. The van der Waals surface area contributed by atoms with Crippen molar-refractivity contribution < 1.29 is 14.3 Å². The number of nitrogens with zero attached hydrogens (tertiary/aromatic N) is 3. The van der Waals surface area contributed by atoms with Gasteiger partial charge in [0.2, 0.25) is 5.91 Å². The number of aromatic nitrogens is 1. The van der Waals surface area contributed by atoms with Crippen LogP contribution in [0.4, 0.5) is 0 Å². The van der Waals surface area contributed by atoms with E-state index < -0.39 is 5.60 Å². The zero-order chi connectivity index (χ0) is 27.9. The van der Waals surface area contributed by atoms with Crippen LogP contribution in [-0.4, -0.2) is 59.0 Å². The quantitative estimate of drug-likeness (QED) is 0.326. The smallest absolute Gasteiger partial charge is 0.338 e. The summed E-state index contributed by atoms with van der Waals surface area (Å²) in [6.45, 7) is 7.78. The fraction of sp³-hybridized carbons (Fsp3) is 0.500. The molecule has 1 aromatic heterocycles. The van der Waals surface area contributed by atoms with Gasteiger partial charge in [0.1, 0.15) is 12.1 Å². The predicted molar refractivity (Wildman–Crippen MR) is 157 cm³/mol. The molecule has 2 aliphatic rings. The van der Waals surface area contributed by atoms with Crippen molar-refractivity contribution in [2.75, 3.05) is 27.2 Å². The van der Waals surface area contributed by atoms with Gasteiger partial charge in [-0.2, -0.15) is 0 Å².